The maximum Gasteiger partial charge on any atom is 0.138 e. The van der Waals surface area contributed by atoms with Crippen LogP contribution in [0.2, 0.25) is 0 Å². The maximum absolute atomic E-state index is 5.66. The largest absolute Gasteiger partial charge is 0.367 e. The van der Waals surface area contributed by atoms with Crippen LogP contribution in [-0.2, 0) is 4.74 Å². The Morgan fingerprint density at radius 3 is 2.20 bits per heavy atom. The van der Waals surface area contributed by atoms with Gasteiger partial charge in [-0.2, -0.15) is 0 Å². The molecular formula is C11H23NOS2. The van der Waals surface area contributed by atoms with Crippen molar-refractivity contribution in [1.82, 2.24) is 4.90 Å². The van der Waals surface area contributed by atoms with E-state index in [-0.39, 0.29) is 5.44 Å². The lowest BCUT2D eigenvalue weighted by molar-refractivity contribution is 0.101. The minimum absolute atomic E-state index is 0.153. The molecule has 2 nitrogen and oxygen atoms in total. The predicted octanol–water partition coefficient (Wildman–Crippen LogP) is 3.36. The summed E-state index contributed by atoms with van der Waals surface area (Å²) in [7, 11) is 0. The van der Waals surface area contributed by atoms with Crippen LogP contribution < -0.4 is 0 Å². The molecule has 0 bridgehead atoms. The second-order valence-electron chi connectivity index (χ2n) is 3.85. The Labute approximate surface area is 104 Å². The standard InChI is InChI=1S/C11H23NOS2/c1-6-12(7-2)11(14)15-10(5)13-8-9(3)4/h9-10H,6-8H2,1-5H3. The van der Waals surface area contributed by atoms with E-state index in [0.29, 0.717) is 5.92 Å². The summed E-state index contributed by atoms with van der Waals surface area (Å²) in [5.74, 6) is 0.579. The summed E-state index contributed by atoms with van der Waals surface area (Å²) in [6.07, 6.45) is 0. The Kier molecular flexibility index (Phi) is 8.47. The van der Waals surface area contributed by atoms with Crippen molar-refractivity contribution < 1.29 is 4.74 Å². The zero-order valence-corrected chi connectivity index (χ0v) is 12.1. The molecule has 0 fully saturated rings. The molecule has 0 aliphatic rings. The molecule has 15 heavy (non-hydrogen) atoms. The van der Waals surface area contributed by atoms with Gasteiger partial charge in [0.25, 0.3) is 0 Å². The summed E-state index contributed by atoms with van der Waals surface area (Å²) in [6, 6.07) is 0. The lowest BCUT2D eigenvalue weighted by Crippen LogP contribution is -2.28. The first-order chi connectivity index (χ1) is 7.01. The smallest absolute Gasteiger partial charge is 0.138 e. The Morgan fingerprint density at radius 1 is 1.27 bits per heavy atom. The Balaban J connectivity index is 3.84. The quantitative estimate of drug-likeness (QED) is 0.528. The van der Waals surface area contributed by atoms with Gasteiger partial charge in [-0.3, -0.25) is 0 Å². The number of ether oxygens (including phenoxy) is 1. The van der Waals surface area contributed by atoms with Gasteiger partial charge in [-0.05, 0) is 26.7 Å². The molecule has 4 heteroatoms. The molecule has 1 atom stereocenters. The Bertz CT molecular complexity index is 181. The first kappa shape index (κ1) is 15.2. The van der Waals surface area contributed by atoms with Gasteiger partial charge >= 0.3 is 0 Å². The third-order valence-electron chi connectivity index (χ3n) is 1.95. The van der Waals surface area contributed by atoms with Gasteiger partial charge in [0.15, 0.2) is 0 Å². The lowest BCUT2D eigenvalue weighted by atomic mass is 10.2. The molecule has 1 unspecified atom stereocenters. The minimum Gasteiger partial charge on any atom is -0.367 e. The fourth-order valence-electron chi connectivity index (χ4n) is 1.06. The van der Waals surface area contributed by atoms with E-state index in [1.54, 1.807) is 11.8 Å². The van der Waals surface area contributed by atoms with E-state index in [1.165, 1.54) is 0 Å². The van der Waals surface area contributed by atoms with Crippen LogP contribution in [0, 0.1) is 5.92 Å². The van der Waals surface area contributed by atoms with Gasteiger partial charge in [0.2, 0.25) is 0 Å². The summed E-state index contributed by atoms with van der Waals surface area (Å²) < 4.78 is 6.60. The molecule has 0 aromatic heterocycles. The molecular weight excluding hydrogens is 226 g/mol. The highest BCUT2D eigenvalue weighted by Crippen LogP contribution is 2.17. The van der Waals surface area contributed by atoms with Crippen molar-refractivity contribution in [3.05, 3.63) is 0 Å². The van der Waals surface area contributed by atoms with Crippen LogP contribution in [0.15, 0.2) is 0 Å². The zero-order valence-electron chi connectivity index (χ0n) is 10.4. The van der Waals surface area contributed by atoms with Crippen molar-refractivity contribution in [2.24, 2.45) is 5.92 Å². The summed E-state index contributed by atoms with van der Waals surface area (Å²) in [5, 5.41) is 0. The van der Waals surface area contributed by atoms with Gasteiger partial charge in [0, 0.05) is 13.1 Å². The first-order valence-corrected chi connectivity index (χ1v) is 6.87. The third-order valence-corrected chi connectivity index (χ3v) is 3.43. The summed E-state index contributed by atoms with van der Waals surface area (Å²) in [4.78, 5) is 2.18. The predicted molar refractivity (Wildman–Crippen MR) is 73.4 cm³/mol. The molecule has 0 amide bonds. The molecule has 0 saturated carbocycles. The van der Waals surface area contributed by atoms with E-state index in [2.05, 4.69) is 39.5 Å². The van der Waals surface area contributed by atoms with Gasteiger partial charge in [0.1, 0.15) is 9.76 Å². The monoisotopic (exact) mass is 249 g/mol. The molecule has 0 rings (SSSR count). The first-order valence-electron chi connectivity index (χ1n) is 5.58. The van der Waals surface area contributed by atoms with Gasteiger partial charge in [-0.25, -0.2) is 0 Å². The van der Waals surface area contributed by atoms with E-state index >= 15 is 0 Å². The number of thiocarbonyl (C=S) groups is 1. The highest BCUT2D eigenvalue weighted by Gasteiger charge is 2.11. The van der Waals surface area contributed by atoms with Crippen LogP contribution in [-0.4, -0.2) is 34.4 Å². The van der Waals surface area contributed by atoms with Crippen molar-refractivity contribution in [1.29, 1.82) is 0 Å². The van der Waals surface area contributed by atoms with E-state index < -0.39 is 0 Å². The van der Waals surface area contributed by atoms with Crippen LogP contribution in [0.4, 0.5) is 0 Å². The fourth-order valence-corrected chi connectivity index (χ4v) is 2.56. The van der Waals surface area contributed by atoms with Crippen molar-refractivity contribution in [2.45, 2.75) is 40.1 Å². The van der Waals surface area contributed by atoms with Crippen LogP contribution in [0.3, 0.4) is 0 Å². The average Bonchev–Trinajstić information content (AvgIpc) is 2.16. The maximum atomic E-state index is 5.66. The molecule has 0 aromatic rings. The molecule has 0 heterocycles. The highest BCUT2D eigenvalue weighted by molar-refractivity contribution is 8.23. The van der Waals surface area contributed by atoms with Crippen LogP contribution in [0.5, 0.6) is 0 Å². The second kappa shape index (κ2) is 8.36. The van der Waals surface area contributed by atoms with E-state index in [1.807, 2.05) is 0 Å². The Morgan fingerprint density at radius 2 is 1.80 bits per heavy atom. The molecule has 0 aromatic carbocycles. The fraction of sp³-hybridized carbons (Fsp3) is 0.909. The molecule has 0 aliphatic carbocycles. The minimum atomic E-state index is 0.153. The molecule has 0 radical (unpaired) electrons. The number of thioether (sulfide) groups is 1. The van der Waals surface area contributed by atoms with Gasteiger partial charge in [-0.1, -0.05) is 37.8 Å². The molecule has 0 saturated heterocycles. The van der Waals surface area contributed by atoms with Crippen LogP contribution in [0.1, 0.15) is 34.6 Å². The summed E-state index contributed by atoms with van der Waals surface area (Å²) in [6.45, 7) is 13.3. The number of rotatable bonds is 6. The third kappa shape index (κ3) is 7.14. The van der Waals surface area contributed by atoms with Gasteiger partial charge in [0.05, 0.1) is 6.61 Å². The van der Waals surface area contributed by atoms with Crippen molar-refractivity contribution in [2.75, 3.05) is 19.7 Å². The average molecular weight is 249 g/mol. The van der Waals surface area contributed by atoms with E-state index in [9.17, 15) is 0 Å². The topological polar surface area (TPSA) is 12.5 Å². The molecule has 90 valence electrons. The summed E-state index contributed by atoms with van der Waals surface area (Å²) >= 11 is 6.97. The number of hydrogen-bond donors (Lipinski definition) is 0. The van der Waals surface area contributed by atoms with E-state index in [4.69, 9.17) is 17.0 Å². The van der Waals surface area contributed by atoms with E-state index in [0.717, 1.165) is 24.0 Å². The van der Waals surface area contributed by atoms with Crippen molar-refractivity contribution in [3.8, 4) is 0 Å². The summed E-state index contributed by atoms with van der Waals surface area (Å²) in [5.41, 5.74) is 0.153. The van der Waals surface area contributed by atoms with Crippen molar-refractivity contribution >= 4 is 28.3 Å². The zero-order chi connectivity index (χ0) is 11.8. The lowest BCUT2D eigenvalue weighted by Gasteiger charge is -2.23. The normalized spacial score (nSPS) is 12.9. The van der Waals surface area contributed by atoms with Crippen LogP contribution >= 0.6 is 24.0 Å². The highest BCUT2D eigenvalue weighted by atomic mass is 32.2. The number of hydrogen-bond acceptors (Lipinski definition) is 3. The van der Waals surface area contributed by atoms with Gasteiger partial charge in [-0.15, -0.1) is 0 Å². The van der Waals surface area contributed by atoms with Crippen molar-refractivity contribution in [3.63, 3.8) is 0 Å². The molecule has 0 spiro atoms. The molecule has 0 N–H and O–H groups in total. The second-order valence-corrected chi connectivity index (χ2v) is 5.78. The Hall–Kier alpha value is 0.200. The van der Waals surface area contributed by atoms with Gasteiger partial charge < -0.3 is 9.64 Å². The molecule has 0 aliphatic heterocycles. The van der Waals surface area contributed by atoms with Crippen LogP contribution in [0.25, 0.3) is 0 Å². The SMILES string of the molecule is CCN(CC)C(=S)SC(C)OCC(C)C. The number of nitrogens with zero attached hydrogens (tertiary/aromatic N) is 1.